The summed E-state index contributed by atoms with van der Waals surface area (Å²) in [6, 6.07) is 6.96. The summed E-state index contributed by atoms with van der Waals surface area (Å²) in [7, 11) is 0. The van der Waals surface area contributed by atoms with E-state index in [1.165, 1.54) is 25.6 Å². The minimum absolute atomic E-state index is 0.0574. The van der Waals surface area contributed by atoms with Gasteiger partial charge in [0.15, 0.2) is 5.60 Å². The van der Waals surface area contributed by atoms with Crippen LogP contribution >= 0.6 is 11.8 Å². The van der Waals surface area contributed by atoms with Crippen LogP contribution < -0.4 is 5.32 Å². The van der Waals surface area contributed by atoms with Crippen molar-refractivity contribution in [2.45, 2.75) is 24.3 Å². The highest BCUT2D eigenvalue weighted by molar-refractivity contribution is 7.99. The average molecular weight is 269 g/mol. The summed E-state index contributed by atoms with van der Waals surface area (Å²) >= 11 is 1.24. The molecule has 0 aliphatic carbocycles. The molecule has 0 aliphatic rings. The van der Waals surface area contributed by atoms with Crippen LogP contribution in [0.25, 0.3) is 0 Å². The van der Waals surface area contributed by atoms with E-state index in [1.807, 2.05) is 0 Å². The zero-order valence-corrected chi connectivity index (χ0v) is 11.0. The SMILES string of the molecule is CC(=O)Nc1ccc(SCC(C)(O)C(=O)O)cc1. The Kier molecular flexibility index (Phi) is 4.75. The van der Waals surface area contributed by atoms with Crippen molar-refractivity contribution in [1.82, 2.24) is 0 Å². The monoisotopic (exact) mass is 269 g/mol. The summed E-state index contributed by atoms with van der Waals surface area (Å²) in [6.07, 6.45) is 0. The first kappa shape index (κ1) is 14.5. The largest absolute Gasteiger partial charge is 0.479 e. The van der Waals surface area contributed by atoms with Crippen LogP contribution in [0.2, 0.25) is 0 Å². The second kappa shape index (κ2) is 5.88. The van der Waals surface area contributed by atoms with Gasteiger partial charge in [-0.15, -0.1) is 11.8 Å². The fourth-order valence-electron chi connectivity index (χ4n) is 1.12. The van der Waals surface area contributed by atoms with Gasteiger partial charge in [-0.3, -0.25) is 4.79 Å². The number of thioether (sulfide) groups is 1. The highest BCUT2D eigenvalue weighted by atomic mass is 32.2. The van der Waals surface area contributed by atoms with Gasteiger partial charge in [-0.1, -0.05) is 0 Å². The maximum absolute atomic E-state index is 10.8. The molecule has 0 saturated carbocycles. The van der Waals surface area contributed by atoms with Crippen molar-refractivity contribution in [2.75, 3.05) is 11.1 Å². The van der Waals surface area contributed by atoms with Gasteiger partial charge in [-0.05, 0) is 31.2 Å². The lowest BCUT2D eigenvalue weighted by atomic mass is 10.1. The first-order valence-corrected chi connectivity index (χ1v) is 6.26. The van der Waals surface area contributed by atoms with Crippen LogP contribution in [-0.2, 0) is 9.59 Å². The molecule has 5 nitrogen and oxygen atoms in total. The maximum Gasteiger partial charge on any atom is 0.336 e. The van der Waals surface area contributed by atoms with Gasteiger partial charge in [0.1, 0.15) is 0 Å². The Morgan fingerprint density at radius 3 is 2.33 bits per heavy atom. The fraction of sp³-hybridized carbons (Fsp3) is 0.333. The van der Waals surface area contributed by atoms with Gasteiger partial charge in [0, 0.05) is 23.3 Å². The molecule has 0 heterocycles. The van der Waals surface area contributed by atoms with Crippen LogP contribution in [0.5, 0.6) is 0 Å². The average Bonchev–Trinajstić information content (AvgIpc) is 2.27. The van der Waals surface area contributed by atoms with E-state index in [1.54, 1.807) is 24.3 Å². The number of amides is 1. The van der Waals surface area contributed by atoms with Crippen molar-refractivity contribution >= 4 is 29.3 Å². The zero-order chi connectivity index (χ0) is 13.8. The summed E-state index contributed by atoms with van der Waals surface area (Å²) in [5.41, 5.74) is -1.07. The standard InChI is InChI=1S/C12H15NO4S/c1-8(14)13-9-3-5-10(6-4-9)18-7-12(2,17)11(15)16/h3-6,17H,7H2,1-2H3,(H,13,14)(H,15,16). The Bertz CT molecular complexity index is 442. The lowest BCUT2D eigenvalue weighted by Gasteiger charge is -2.17. The lowest BCUT2D eigenvalue weighted by molar-refractivity contribution is -0.154. The smallest absolute Gasteiger partial charge is 0.336 e. The molecule has 1 atom stereocenters. The molecule has 0 fully saturated rings. The molecule has 1 rings (SSSR count). The summed E-state index contributed by atoms with van der Waals surface area (Å²) in [6.45, 7) is 2.68. The molecule has 3 N–H and O–H groups in total. The molecule has 6 heteroatoms. The minimum atomic E-state index is -1.75. The van der Waals surface area contributed by atoms with Crippen LogP contribution in [0.15, 0.2) is 29.2 Å². The summed E-state index contributed by atoms with van der Waals surface area (Å²) < 4.78 is 0. The van der Waals surface area contributed by atoms with Gasteiger partial charge in [-0.2, -0.15) is 0 Å². The number of anilines is 1. The van der Waals surface area contributed by atoms with Crippen molar-refractivity contribution in [3.05, 3.63) is 24.3 Å². The van der Waals surface area contributed by atoms with E-state index in [2.05, 4.69) is 5.32 Å². The molecule has 0 saturated heterocycles. The molecule has 0 spiro atoms. The Balaban J connectivity index is 2.59. The van der Waals surface area contributed by atoms with E-state index in [4.69, 9.17) is 5.11 Å². The molecule has 0 radical (unpaired) electrons. The third-order valence-electron chi connectivity index (χ3n) is 2.16. The number of carbonyl (C=O) groups is 2. The second-order valence-corrected chi connectivity index (χ2v) is 5.12. The van der Waals surface area contributed by atoms with Crippen molar-refractivity contribution < 1.29 is 19.8 Å². The van der Waals surface area contributed by atoms with E-state index in [0.29, 0.717) is 5.69 Å². The number of hydrogen-bond acceptors (Lipinski definition) is 4. The molecule has 0 bridgehead atoms. The molecule has 1 unspecified atom stereocenters. The summed E-state index contributed by atoms with van der Waals surface area (Å²) in [4.78, 5) is 22.3. The van der Waals surface area contributed by atoms with Gasteiger partial charge < -0.3 is 15.5 Å². The normalized spacial score (nSPS) is 13.7. The second-order valence-electron chi connectivity index (χ2n) is 4.07. The van der Waals surface area contributed by atoms with Crippen LogP contribution in [0.1, 0.15) is 13.8 Å². The number of aliphatic carboxylic acids is 1. The number of rotatable bonds is 5. The molecule has 98 valence electrons. The van der Waals surface area contributed by atoms with Crippen molar-refractivity contribution in [1.29, 1.82) is 0 Å². The molecule has 0 aromatic heterocycles. The van der Waals surface area contributed by atoms with E-state index < -0.39 is 11.6 Å². The molecule has 0 aliphatic heterocycles. The maximum atomic E-state index is 10.8. The van der Waals surface area contributed by atoms with Crippen molar-refractivity contribution in [3.63, 3.8) is 0 Å². The topological polar surface area (TPSA) is 86.6 Å². The Labute approximate surface area is 109 Å². The highest BCUT2D eigenvalue weighted by Gasteiger charge is 2.29. The van der Waals surface area contributed by atoms with Crippen molar-refractivity contribution in [2.24, 2.45) is 0 Å². The third-order valence-corrected chi connectivity index (χ3v) is 3.47. The van der Waals surface area contributed by atoms with Gasteiger partial charge >= 0.3 is 5.97 Å². The van der Waals surface area contributed by atoms with Crippen LogP contribution in [0.4, 0.5) is 5.69 Å². The minimum Gasteiger partial charge on any atom is -0.479 e. The predicted molar refractivity (Wildman–Crippen MR) is 69.7 cm³/mol. The van der Waals surface area contributed by atoms with E-state index >= 15 is 0 Å². The van der Waals surface area contributed by atoms with Crippen molar-refractivity contribution in [3.8, 4) is 0 Å². The Morgan fingerprint density at radius 1 is 1.33 bits per heavy atom. The van der Waals surface area contributed by atoms with Gasteiger partial charge in [-0.25, -0.2) is 4.79 Å². The van der Waals surface area contributed by atoms with Crippen LogP contribution in [0, 0.1) is 0 Å². The van der Waals surface area contributed by atoms with Gasteiger partial charge in [0.05, 0.1) is 0 Å². The van der Waals surface area contributed by atoms with Gasteiger partial charge in [0.2, 0.25) is 5.91 Å². The zero-order valence-electron chi connectivity index (χ0n) is 10.1. The Hall–Kier alpha value is -1.53. The van der Waals surface area contributed by atoms with E-state index in [-0.39, 0.29) is 11.7 Å². The molecule has 1 amide bonds. The van der Waals surface area contributed by atoms with E-state index in [9.17, 15) is 14.7 Å². The summed E-state index contributed by atoms with van der Waals surface area (Å²) in [5.74, 6) is -1.34. The van der Waals surface area contributed by atoms with Crippen LogP contribution in [0.3, 0.4) is 0 Å². The number of hydrogen-bond donors (Lipinski definition) is 3. The molecule has 1 aromatic carbocycles. The quantitative estimate of drug-likeness (QED) is 0.706. The van der Waals surface area contributed by atoms with E-state index in [0.717, 1.165) is 4.90 Å². The number of benzene rings is 1. The third kappa shape index (κ3) is 4.38. The first-order valence-electron chi connectivity index (χ1n) is 5.27. The Morgan fingerprint density at radius 2 is 1.89 bits per heavy atom. The number of carboxylic acids is 1. The van der Waals surface area contributed by atoms with Gasteiger partial charge in [0.25, 0.3) is 0 Å². The number of carbonyl (C=O) groups excluding carboxylic acids is 1. The molecular weight excluding hydrogens is 254 g/mol. The number of aliphatic hydroxyl groups is 1. The highest BCUT2D eigenvalue weighted by Crippen LogP contribution is 2.24. The lowest BCUT2D eigenvalue weighted by Crippen LogP contribution is -2.37. The van der Waals surface area contributed by atoms with Crippen LogP contribution in [-0.4, -0.2) is 33.4 Å². The molecular formula is C12H15NO4S. The molecule has 18 heavy (non-hydrogen) atoms. The fourth-order valence-corrected chi connectivity index (χ4v) is 2.02. The predicted octanol–water partition coefficient (Wildman–Crippen LogP) is 1.57. The number of nitrogens with one attached hydrogen (secondary N) is 1. The molecule has 1 aromatic rings. The number of carboxylic acid groups (broad SMARTS) is 1. The first-order chi connectivity index (χ1) is 8.31. The summed E-state index contributed by atoms with van der Waals surface area (Å²) in [5, 5.41) is 20.9.